The molecule has 1 unspecified atom stereocenters. The SMILES string of the molecule is CC(C)(C)[Si](C)(C)Oc1ccc2c(c1)c(-c1cnc(COCCCOCCO)s1)nn2C1CCCCO1. The van der Waals surface area contributed by atoms with E-state index in [1.807, 2.05) is 10.9 Å². The van der Waals surface area contributed by atoms with Gasteiger partial charge in [0.2, 0.25) is 8.32 Å². The van der Waals surface area contributed by atoms with Gasteiger partial charge in [0.15, 0.2) is 6.23 Å². The lowest BCUT2D eigenvalue weighted by atomic mass is 10.1. The third kappa shape index (κ3) is 6.98. The summed E-state index contributed by atoms with van der Waals surface area (Å²) in [6.07, 6.45) is 5.82. The number of aliphatic hydroxyl groups is 1. The van der Waals surface area contributed by atoms with Crippen molar-refractivity contribution in [2.75, 3.05) is 33.0 Å². The smallest absolute Gasteiger partial charge is 0.250 e. The Kier molecular flexibility index (Phi) is 9.41. The van der Waals surface area contributed by atoms with E-state index in [2.05, 4.69) is 57.0 Å². The van der Waals surface area contributed by atoms with E-state index in [1.165, 1.54) is 0 Å². The largest absolute Gasteiger partial charge is 0.543 e. The third-order valence-electron chi connectivity index (χ3n) is 7.11. The Morgan fingerprint density at radius 1 is 1.16 bits per heavy atom. The Balaban J connectivity index is 1.57. The van der Waals surface area contributed by atoms with Crippen LogP contribution in [-0.2, 0) is 20.8 Å². The molecule has 10 heteroatoms. The van der Waals surface area contributed by atoms with Crippen molar-refractivity contribution in [2.45, 2.75) is 77.4 Å². The van der Waals surface area contributed by atoms with E-state index < -0.39 is 8.32 Å². The number of thiazole rings is 1. The number of benzene rings is 1. The number of rotatable bonds is 12. The number of nitrogens with zero attached hydrogens (tertiary/aromatic N) is 3. The van der Waals surface area contributed by atoms with Gasteiger partial charge in [0.1, 0.15) is 16.5 Å². The van der Waals surface area contributed by atoms with E-state index in [1.54, 1.807) is 11.3 Å². The molecule has 0 bridgehead atoms. The maximum Gasteiger partial charge on any atom is 0.250 e. The van der Waals surface area contributed by atoms with Crippen molar-refractivity contribution in [1.82, 2.24) is 14.8 Å². The van der Waals surface area contributed by atoms with Gasteiger partial charge in [-0.3, -0.25) is 0 Å². The first-order chi connectivity index (χ1) is 17.7. The molecule has 1 atom stereocenters. The molecule has 1 saturated heterocycles. The molecular weight excluding hydrogens is 506 g/mol. The first-order valence-corrected chi connectivity index (χ1v) is 17.0. The fourth-order valence-corrected chi connectivity index (χ4v) is 5.90. The van der Waals surface area contributed by atoms with Crippen LogP contribution in [0.2, 0.25) is 18.1 Å². The Hall–Kier alpha value is -1.82. The molecule has 1 N–H and O–H groups in total. The fraction of sp³-hybridized carbons (Fsp3) is 0.630. The summed E-state index contributed by atoms with van der Waals surface area (Å²) in [7, 11) is -1.98. The monoisotopic (exact) mass is 547 g/mol. The Labute approximate surface area is 225 Å². The molecule has 0 saturated carbocycles. The van der Waals surface area contributed by atoms with Crippen molar-refractivity contribution in [3.63, 3.8) is 0 Å². The van der Waals surface area contributed by atoms with Gasteiger partial charge in [-0.2, -0.15) is 5.10 Å². The second-order valence-corrected chi connectivity index (χ2v) is 16.9. The highest BCUT2D eigenvalue weighted by molar-refractivity contribution is 7.15. The van der Waals surface area contributed by atoms with E-state index >= 15 is 0 Å². The van der Waals surface area contributed by atoms with Crippen molar-refractivity contribution in [1.29, 1.82) is 0 Å². The first-order valence-electron chi connectivity index (χ1n) is 13.2. The molecule has 2 aromatic heterocycles. The van der Waals surface area contributed by atoms with Crippen LogP contribution in [0.5, 0.6) is 5.75 Å². The number of ether oxygens (including phenoxy) is 3. The van der Waals surface area contributed by atoms with Crippen LogP contribution in [0.15, 0.2) is 24.4 Å². The topological polar surface area (TPSA) is 87.9 Å². The van der Waals surface area contributed by atoms with E-state index in [0.717, 1.165) is 64.5 Å². The molecule has 0 spiro atoms. The van der Waals surface area contributed by atoms with Gasteiger partial charge in [0.05, 0.1) is 30.2 Å². The molecule has 1 aliphatic rings. The second-order valence-electron chi connectivity index (χ2n) is 11.0. The normalized spacial score (nSPS) is 17.0. The van der Waals surface area contributed by atoms with Gasteiger partial charge in [-0.25, -0.2) is 9.67 Å². The molecule has 0 amide bonds. The number of aromatic nitrogens is 3. The molecule has 0 aliphatic carbocycles. The Morgan fingerprint density at radius 2 is 1.97 bits per heavy atom. The summed E-state index contributed by atoms with van der Waals surface area (Å²) in [5, 5.41) is 15.9. The van der Waals surface area contributed by atoms with Gasteiger partial charge in [-0.15, -0.1) is 11.3 Å². The quantitative estimate of drug-likeness (QED) is 0.215. The predicted octanol–water partition coefficient (Wildman–Crippen LogP) is 6.16. The molecule has 8 nitrogen and oxygen atoms in total. The maximum atomic E-state index is 8.77. The van der Waals surface area contributed by atoms with Crippen LogP contribution < -0.4 is 4.43 Å². The number of hydrogen-bond donors (Lipinski definition) is 1. The van der Waals surface area contributed by atoms with Crippen LogP contribution in [0.25, 0.3) is 21.5 Å². The van der Waals surface area contributed by atoms with E-state index in [-0.39, 0.29) is 17.9 Å². The van der Waals surface area contributed by atoms with Crippen LogP contribution >= 0.6 is 11.3 Å². The second kappa shape index (κ2) is 12.4. The highest BCUT2D eigenvalue weighted by Gasteiger charge is 2.39. The van der Waals surface area contributed by atoms with Crippen LogP contribution in [-0.4, -0.2) is 61.2 Å². The van der Waals surface area contributed by atoms with Crippen molar-refractivity contribution < 1.29 is 23.7 Å². The molecule has 3 heterocycles. The molecule has 0 radical (unpaired) electrons. The minimum Gasteiger partial charge on any atom is -0.543 e. The van der Waals surface area contributed by atoms with Gasteiger partial charge in [0, 0.05) is 31.4 Å². The van der Waals surface area contributed by atoms with Gasteiger partial charge in [0.25, 0.3) is 0 Å². The number of hydrogen-bond acceptors (Lipinski definition) is 8. The van der Waals surface area contributed by atoms with E-state index in [9.17, 15) is 0 Å². The average molecular weight is 548 g/mol. The molecule has 1 aromatic carbocycles. The van der Waals surface area contributed by atoms with E-state index in [0.29, 0.717) is 26.4 Å². The van der Waals surface area contributed by atoms with Gasteiger partial charge < -0.3 is 23.7 Å². The summed E-state index contributed by atoms with van der Waals surface area (Å²) in [4.78, 5) is 5.62. The molecule has 3 aromatic rings. The molecule has 37 heavy (non-hydrogen) atoms. The van der Waals surface area contributed by atoms with Crippen molar-refractivity contribution in [2.24, 2.45) is 0 Å². The summed E-state index contributed by atoms with van der Waals surface area (Å²) in [5.41, 5.74) is 1.96. The molecular formula is C27H41N3O5SSi. The Bertz CT molecular complexity index is 1150. The third-order valence-corrected chi connectivity index (χ3v) is 12.4. The standard InChI is InChI=1S/C27H41N3O5SSi/c1-27(2,3)37(4,5)35-20-10-11-22-21(17-20)26(29-30(22)25-9-6-7-15-34-25)23-18-28-24(36-23)19-33-14-8-13-32-16-12-31/h10-11,17-18,25,31H,6-9,12-16,19H2,1-5H3. The summed E-state index contributed by atoms with van der Waals surface area (Å²) >= 11 is 1.61. The number of fused-ring (bicyclic) bond motifs is 1. The van der Waals surface area contributed by atoms with Crippen molar-refractivity contribution in [3.8, 4) is 16.3 Å². The fourth-order valence-electron chi connectivity index (χ4n) is 4.03. The zero-order valence-electron chi connectivity index (χ0n) is 22.8. The van der Waals surface area contributed by atoms with Crippen LogP contribution in [0.1, 0.15) is 57.7 Å². The minimum absolute atomic E-state index is 0.0456. The zero-order valence-corrected chi connectivity index (χ0v) is 24.6. The summed E-state index contributed by atoms with van der Waals surface area (Å²) in [6.45, 7) is 14.1. The molecule has 204 valence electrons. The number of aliphatic hydroxyl groups excluding tert-OH is 1. The highest BCUT2D eigenvalue weighted by atomic mass is 32.1. The lowest BCUT2D eigenvalue weighted by Gasteiger charge is -2.36. The highest BCUT2D eigenvalue weighted by Crippen LogP contribution is 2.40. The zero-order chi connectivity index (χ0) is 26.5. The molecule has 1 aliphatic heterocycles. The summed E-state index contributed by atoms with van der Waals surface area (Å²) < 4.78 is 25.9. The maximum absolute atomic E-state index is 8.77. The summed E-state index contributed by atoms with van der Waals surface area (Å²) in [6, 6.07) is 6.33. The average Bonchev–Trinajstić information content (AvgIpc) is 3.47. The predicted molar refractivity (Wildman–Crippen MR) is 150 cm³/mol. The summed E-state index contributed by atoms with van der Waals surface area (Å²) in [5.74, 6) is 0.890. The van der Waals surface area contributed by atoms with Crippen LogP contribution in [0.4, 0.5) is 0 Å². The van der Waals surface area contributed by atoms with Gasteiger partial charge in [-0.1, -0.05) is 20.8 Å². The first kappa shape index (κ1) is 28.2. The van der Waals surface area contributed by atoms with Gasteiger partial charge in [-0.05, 0) is 62.0 Å². The van der Waals surface area contributed by atoms with E-state index in [4.69, 9.17) is 28.8 Å². The van der Waals surface area contributed by atoms with Crippen molar-refractivity contribution in [3.05, 3.63) is 29.4 Å². The van der Waals surface area contributed by atoms with Crippen LogP contribution in [0.3, 0.4) is 0 Å². The minimum atomic E-state index is -1.98. The van der Waals surface area contributed by atoms with Crippen molar-refractivity contribution >= 4 is 30.6 Å². The lowest BCUT2D eigenvalue weighted by molar-refractivity contribution is -0.0365. The molecule has 1 fully saturated rings. The van der Waals surface area contributed by atoms with Crippen LogP contribution in [0, 0.1) is 0 Å². The Morgan fingerprint density at radius 3 is 2.70 bits per heavy atom. The molecule has 4 rings (SSSR count). The lowest BCUT2D eigenvalue weighted by Crippen LogP contribution is -2.43. The van der Waals surface area contributed by atoms with Gasteiger partial charge >= 0.3 is 0 Å².